The van der Waals surface area contributed by atoms with Gasteiger partial charge < -0.3 is 4.42 Å². The summed E-state index contributed by atoms with van der Waals surface area (Å²) in [7, 11) is 0. The maximum atomic E-state index is 10.4. The van der Waals surface area contributed by atoms with Gasteiger partial charge in [0, 0.05) is 6.08 Å². The van der Waals surface area contributed by atoms with Crippen LogP contribution in [0.15, 0.2) is 28.9 Å². The molecule has 0 aliphatic rings. The number of carbonyl (C=O) groups excluding carboxylic acids is 1. The molecule has 0 N–H and O–H groups in total. The van der Waals surface area contributed by atoms with E-state index in [1.807, 2.05) is 0 Å². The molecule has 0 aromatic carbocycles. The van der Waals surface area contributed by atoms with Gasteiger partial charge in [0.1, 0.15) is 11.8 Å². The van der Waals surface area contributed by atoms with Crippen LogP contribution in [0.4, 0.5) is 0 Å². The van der Waals surface area contributed by atoms with Gasteiger partial charge in [0.2, 0.25) is 0 Å². The van der Waals surface area contributed by atoms with Gasteiger partial charge in [0.05, 0.1) is 6.26 Å². The third kappa shape index (κ3) is 2.11. The Hall–Kier alpha value is -1.82. The minimum atomic E-state index is -0.582. The molecule has 0 spiro atoms. The number of nitriles is 1. The summed E-state index contributed by atoms with van der Waals surface area (Å²) in [4.78, 5) is 10.4. The van der Waals surface area contributed by atoms with E-state index < -0.39 is 5.78 Å². The molecule has 1 aromatic rings. The number of carbonyl (C=O) groups is 1. The molecule has 0 saturated heterocycles. The summed E-state index contributed by atoms with van der Waals surface area (Å²) in [6, 6.07) is 4.86. The van der Waals surface area contributed by atoms with E-state index in [0.717, 1.165) is 0 Å². The van der Waals surface area contributed by atoms with Crippen molar-refractivity contribution in [1.29, 1.82) is 5.26 Å². The van der Waals surface area contributed by atoms with Crippen molar-refractivity contribution < 1.29 is 9.21 Å². The van der Waals surface area contributed by atoms with E-state index in [-0.39, 0.29) is 0 Å². The van der Waals surface area contributed by atoms with Crippen LogP contribution in [-0.2, 0) is 4.79 Å². The first-order valence-electron chi connectivity index (χ1n) is 2.98. The zero-order valence-corrected chi connectivity index (χ0v) is 5.65. The van der Waals surface area contributed by atoms with Gasteiger partial charge in [-0.3, -0.25) is 4.79 Å². The van der Waals surface area contributed by atoms with Crippen LogP contribution in [0, 0.1) is 11.3 Å². The molecule has 3 heteroatoms. The Morgan fingerprint density at radius 1 is 1.73 bits per heavy atom. The molecule has 0 saturated carbocycles. The fourth-order valence-corrected chi connectivity index (χ4v) is 0.581. The average molecular weight is 147 g/mol. The number of allylic oxidation sites excluding steroid dienone is 1. The monoisotopic (exact) mass is 147 g/mol. The number of furan rings is 1. The highest BCUT2D eigenvalue weighted by Crippen LogP contribution is 2.01. The highest BCUT2D eigenvalue weighted by molar-refractivity contribution is 6.04. The van der Waals surface area contributed by atoms with Crippen molar-refractivity contribution >= 4 is 11.9 Å². The fourth-order valence-electron chi connectivity index (χ4n) is 0.581. The molecular weight excluding hydrogens is 142 g/mol. The van der Waals surface area contributed by atoms with Gasteiger partial charge in [-0.15, -0.1) is 0 Å². The second-order valence-corrected chi connectivity index (χ2v) is 1.82. The molecular formula is C8H5NO2. The third-order valence-corrected chi connectivity index (χ3v) is 1.05. The maximum Gasteiger partial charge on any atom is 0.255 e. The second-order valence-electron chi connectivity index (χ2n) is 1.82. The molecule has 1 heterocycles. The summed E-state index contributed by atoms with van der Waals surface area (Å²) in [5.74, 6) is -0.0185. The lowest BCUT2D eigenvalue weighted by Crippen LogP contribution is -1.82. The van der Waals surface area contributed by atoms with E-state index in [2.05, 4.69) is 0 Å². The zero-order chi connectivity index (χ0) is 8.10. The Morgan fingerprint density at radius 3 is 3.09 bits per heavy atom. The lowest BCUT2D eigenvalue weighted by atomic mass is 10.3. The Bertz CT molecular complexity index is 303. The van der Waals surface area contributed by atoms with Crippen LogP contribution in [0.25, 0.3) is 6.08 Å². The Kier molecular flexibility index (Phi) is 2.24. The fraction of sp³-hybridized carbons (Fsp3) is 0. The number of hydrogen-bond donors (Lipinski definition) is 0. The van der Waals surface area contributed by atoms with E-state index in [4.69, 9.17) is 9.68 Å². The largest absolute Gasteiger partial charge is 0.465 e. The second kappa shape index (κ2) is 3.37. The van der Waals surface area contributed by atoms with Crippen molar-refractivity contribution in [2.24, 2.45) is 0 Å². The zero-order valence-electron chi connectivity index (χ0n) is 5.65. The highest BCUT2D eigenvalue weighted by atomic mass is 16.3. The summed E-state index contributed by atoms with van der Waals surface area (Å²) < 4.78 is 4.88. The molecule has 11 heavy (non-hydrogen) atoms. The van der Waals surface area contributed by atoms with E-state index in [0.29, 0.717) is 5.76 Å². The van der Waals surface area contributed by atoms with Gasteiger partial charge in [-0.1, -0.05) is 0 Å². The van der Waals surface area contributed by atoms with Gasteiger partial charge in [0.25, 0.3) is 5.78 Å². The van der Waals surface area contributed by atoms with Crippen LogP contribution < -0.4 is 0 Å². The molecule has 0 amide bonds. The summed E-state index contributed by atoms with van der Waals surface area (Å²) >= 11 is 0. The van der Waals surface area contributed by atoms with Crippen molar-refractivity contribution in [2.75, 3.05) is 0 Å². The molecule has 54 valence electrons. The third-order valence-electron chi connectivity index (χ3n) is 1.05. The van der Waals surface area contributed by atoms with Crippen LogP contribution in [0.5, 0.6) is 0 Å². The van der Waals surface area contributed by atoms with Gasteiger partial charge in [-0.05, 0) is 18.2 Å². The SMILES string of the molecule is N#CC(=O)/C=C/c1ccco1. The molecule has 0 aliphatic carbocycles. The maximum absolute atomic E-state index is 10.4. The van der Waals surface area contributed by atoms with Crippen molar-refractivity contribution in [2.45, 2.75) is 0 Å². The molecule has 0 aliphatic heterocycles. The first kappa shape index (κ1) is 7.29. The molecule has 0 atom stereocenters. The van der Waals surface area contributed by atoms with Crippen LogP contribution in [0.3, 0.4) is 0 Å². The van der Waals surface area contributed by atoms with Crippen molar-refractivity contribution in [3.05, 3.63) is 30.2 Å². The van der Waals surface area contributed by atoms with Crippen LogP contribution >= 0.6 is 0 Å². The van der Waals surface area contributed by atoms with Crippen molar-refractivity contribution in [3.8, 4) is 6.07 Å². The molecule has 1 aromatic heterocycles. The van der Waals surface area contributed by atoms with Crippen molar-refractivity contribution in [3.63, 3.8) is 0 Å². The number of rotatable bonds is 2. The van der Waals surface area contributed by atoms with E-state index >= 15 is 0 Å². The van der Waals surface area contributed by atoms with E-state index in [1.165, 1.54) is 24.5 Å². The summed E-state index contributed by atoms with van der Waals surface area (Å²) in [6.07, 6.45) is 4.11. The number of nitrogens with zero attached hydrogens (tertiary/aromatic N) is 1. The van der Waals surface area contributed by atoms with Gasteiger partial charge in [0.15, 0.2) is 0 Å². The molecule has 0 unspecified atom stereocenters. The minimum Gasteiger partial charge on any atom is -0.465 e. The first-order chi connectivity index (χ1) is 5.33. The molecule has 0 bridgehead atoms. The number of ketones is 1. The lowest BCUT2D eigenvalue weighted by molar-refractivity contribution is -0.109. The van der Waals surface area contributed by atoms with E-state index in [9.17, 15) is 4.79 Å². The van der Waals surface area contributed by atoms with Gasteiger partial charge in [-0.2, -0.15) is 5.26 Å². The van der Waals surface area contributed by atoms with Crippen LogP contribution in [0.2, 0.25) is 0 Å². The Labute approximate surface area is 63.5 Å². The first-order valence-corrected chi connectivity index (χ1v) is 2.98. The standard InChI is InChI=1S/C8H5NO2/c9-6-7(10)3-4-8-2-1-5-11-8/h1-5H/b4-3+. The summed E-state index contributed by atoms with van der Waals surface area (Å²) in [5, 5.41) is 8.08. The molecule has 1 rings (SSSR count). The quantitative estimate of drug-likeness (QED) is 0.469. The normalized spacial score (nSPS) is 9.73. The molecule has 3 nitrogen and oxygen atoms in total. The smallest absolute Gasteiger partial charge is 0.255 e. The Morgan fingerprint density at radius 2 is 2.55 bits per heavy atom. The Balaban J connectivity index is 2.64. The van der Waals surface area contributed by atoms with Crippen LogP contribution in [0.1, 0.15) is 5.76 Å². The van der Waals surface area contributed by atoms with Gasteiger partial charge >= 0.3 is 0 Å². The van der Waals surface area contributed by atoms with E-state index in [1.54, 1.807) is 12.1 Å². The summed E-state index contributed by atoms with van der Waals surface area (Å²) in [5.41, 5.74) is 0. The summed E-state index contributed by atoms with van der Waals surface area (Å²) in [6.45, 7) is 0. The minimum absolute atomic E-state index is 0.564. The van der Waals surface area contributed by atoms with Gasteiger partial charge in [-0.25, -0.2) is 0 Å². The van der Waals surface area contributed by atoms with Crippen LogP contribution in [-0.4, -0.2) is 5.78 Å². The topological polar surface area (TPSA) is 54.0 Å². The number of hydrogen-bond acceptors (Lipinski definition) is 3. The predicted molar refractivity (Wildman–Crippen MR) is 38.4 cm³/mol. The van der Waals surface area contributed by atoms with Crippen molar-refractivity contribution in [1.82, 2.24) is 0 Å². The molecule has 0 radical (unpaired) electrons. The molecule has 0 fully saturated rings. The highest BCUT2D eigenvalue weighted by Gasteiger charge is 1.91. The predicted octanol–water partition coefficient (Wildman–Crippen LogP) is 1.39. The lowest BCUT2D eigenvalue weighted by Gasteiger charge is -1.78. The average Bonchev–Trinajstić information content (AvgIpc) is 2.52.